The van der Waals surface area contributed by atoms with E-state index in [0.717, 1.165) is 3.79 Å². The van der Waals surface area contributed by atoms with Crippen LogP contribution < -0.4 is 0 Å². The largest absolute Gasteiger partial charge is 0.468 e. The molecule has 1 fully saturated rings. The van der Waals surface area contributed by atoms with E-state index in [1.165, 1.54) is 12.0 Å². The minimum atomic E-state index is -0.445. The fraction of sp³-hybridized carbons (Fsp3) is 0.500. The number of halogens is 1. The maximum absolute atomic E-state index is 11.6. The van der Waals surface area contributed by atoms with Crippen LogP contribution in [-0.4, -0.2) is 26.3 Å². The van der Waals surface area contributed by atoms with E-state index in [9.17, 15) is 4.79 Å². The van der Waals surface area contributed by atoms with E-state index in [1.54, 1.807) is 11.3 Å². The lowest BCUT2D eigenvalue weighted by Crippen LogP contribution is -2.51. The third kappa shape index (κ3) is 2.09. The van der Waals surface area contributed by atoms with Crippen LogP contribution in [0.15, 0.2) is 15.9 Å². The van der Waals surface area contributed by atoms with Gasteiger partial charge in [0.15, 0.2) is 0 Å². The average molecular weight is 291 g/mol. The molecule has 0 amide bonds. The first-order chi connectivity index (χ1) is 7.16. The number of hydrogen-bond donors (Lipinski definition) is 0. The molecule has 0 saturated carbocycles. The van der Waals surface area contributed by atoms with Crippen molar-refractivity contribution >= 4 is 33.2 Å². The number of carbonyl (C=O) groups is 1. The summed E-state index contributed by atoms with van der Waals surface area (Å²) in [7, 11) is 1.42. The summed E-state index contributed by atoms with van der Waals surface area (Å²) in [4.78, 5) is 12.8. The molecule has 0 atom stereocenters. The summed E-state index contributed by atoms with van der Waals surface area (Å²) in [5.41, 5.74) is -0.445. The van der Waals surface area contributed by atoms with E-state index >= 15 is 0 Å². The monoisotopic (exact) mass is 290 g/mol. The molecule has 1 aromatic heterocycles. The van der Waals surface area contributed by atoms with E-state index in [-0.39, 0.29) is 5.97 Å². The Morgan fingerprint density at radius 1 is 1.67 bits per heavy atom. The number of esters is 1. The SMILES string of the molecule is COC(=O)C1(Cc2ccc(Br)s2)COC1. The number of hydrogen-bond acceptors (Lipinski definition) is 4. The second-order valence-corrected chi connectivity index (χ2v) is 6.19. The first kappa shape index (κ1) is 11.1. The molecule has 2 rings (SSSR count). The summed E-state index contributed by atoms with van der Waals surface area (Å²) in [5.74, 6) is -0.168. The molecule has 0 unspecified atom stereocenters. The van der Waals surface area contributed by atoms with Crippen LogP contribution in [-0.2, 0) is 20.7 Å². The van der Waals surface area contributed by atoms with Gasteiger partial charge in [-0.15, -0.1) is 11.3 Å². The minimum Gasteiger partial charge on any atom is -0.468 e. The Labute approximate surface area is 101 Å². The number of methoxy groups -OCH3 is 1. The van der Waals surface area contributed by atoms with E-state index in [4.69, 9.17) is 9.47 Å². The van der Waals surface area contributed by atoms with Gasteiger partial charge in [-0.1, -0.05) is 0 Å². The van der Waals surface area contributed by atoms with E-state index in [2.05, 4.69) is 15.9 Å². The summed E-state index contributed by atoms with van der Waals surface area (Å²) >= 11 is 5.05. The molecule has 15 heavy (non-hydrogen) atoms. The molecular weight excluding hydrogens is 280 g/mol. The number of thiophene rings is 1. The highest BCUT2D eigenvalue weighted by atomic mass is 79.9. The van der Waals surface area contributed by atoms with Gasteiger partial charge >= 0.3 is 5.97 Å². The Balaban J connectivity index is 2.11. The van der Waals surface area contributed by atoms with Crippen molar-refractivity contribution in [3.05, 3.63) is 20.8 Å². The van der Waals surface area contributed by atoms with Gasteiger partial charge in [0, 0.05) is 11.3 Å². The van der Waals surface area contributed by atoms with E-state index in [1.807, 2.05) is 12.1 Å². The van der Waals surface area contributed by atoms with Crippen LogP contribution in [0.3, 0.4) is 0 Å². The Bertz CT molecular complexity index is 370. The van der Waals surface area contributed by atoms with Gasteiger partial charge < -0.3 is 9.47 Å². The second-order valence-electron chi connectivity index (χ2n) is 3.65. The van der Waals surface area contributed by atoms with Crippen LogP contribution in [0.1, 0.15) is 4.88 Å². The molecule has 82 valence electrons. The Hall–Kier alpha value is -0.390. The highest BCUT2D eigenvalue weighted by Gasteiger charge is 2.47. The van der Waals surface area contributed by atoms with Crippen LogP contribution in [0.4, 0.5) is 0 Å². The summed E-state index contributed by atoms with van der Waals surface area (Å²) in [6.07, 6.45) is 0.704. The summed E-state index contributed by atoms with van der Waals surface area (Å²) < 4.78 is 11.0. The topological polar surface area (TPSA) is 35.5 Å². The fourth-order valence-electron chi connectivity index (χ4n) is 1.64. The van der Waals surface area contributed by atoms with Crippen molar-refractivity contribution < 1.29 is 14.3 Å². The van der Waals surface area contributed by atoms with Crippen LogP contribution in [0.5, 0.6) is 0 Å². The number of rotatable bonds is 3. The zero-order chi connectivity index (χ0) is 10.9. The number of carbonyl (C=O) groups excluding carboxylic acids is 1. The zero-order valence-electron chi connectivity index (χ0n) is 8.29. The van der Waals surface area contributed by atoms with Gasteiger partial charge in [-0.2, -0.15) is 0 Å². The molecule has 0 radical (unpaired) electrons. The van der Waals surface area contributed by atoms with Gasteiger partial charge in [-0.3, -0.25) is 4.79 Å². The second kappa shape index (κ2) is 4.23. The molecule has 3 nitrogen and oxygen atoms in total. The standard InChI is InChI=1S/C10H11BrO3S/c1-13-9(12)10(5-14-6-10)4-7-2-3-8(11)15-7/h2-3H,4-6H2,1H3. The predicted octanol–water partition coefficient (Wildman–Crippen LogP) is 2.24. The quantitative estimate of drug-likeness (QED) is 0.801. The highest BCUT2D eigenvalue weighted by molar-refractivity contribution is 9.11. The maximum atomic E-state index is 11.6. The molecule has 0 spiro atoms. The minimum absolute atomic E-state index is 0.168. The Morgan fingerprint density at radius 2 is 2.40 bits per heavy atom. The maximum Gasteiger partial charge on any atom is 0.316 e. The molecule has 0 aliphatic carbocycles. The molecule has 2 heterocycles. The van der Waals surface area contributed by atoms with Gasteiger partial charge in [-0.25, -0.2) is 0 Å². The Morgan fingerprint density at radius 3 is 2.80 bits per heavy atom. The summed E-state index contributed by atoms with van der Waals surface area (Å²) in [6.45, 7) is 0.935. The zero-order valence-corrected chi connectivity index (χ0v) is 10.7. The third-order valence-corrected chi connectivity index (χ3v) is 4.14. The van der Waals surface area contributed by atoms with Crippen LogP contribution >= 0.6 is 27.3 Å². The van der Waals surface area contributed by atoms with Gasteiger partial charge in [0.1, 0.15) is 5.41 Å². The predicted molar refractivity (Wildman–Crippen MR) is 61.0 cm³/mol. The summed E-state index contributed by atoms with van der Waals surface area (Å²) in [5, 5.41) is 0. The smallest absolute Gasteiger partial charge is 0.316 e. The van der Waals surface area contributed by atoms with Gasteiger partial charge in [0.05, 0.1) is 24.1 Å². The van der Waals surface area contributed by atoms with Crippen molar-refractivity contribution in [1.29, 1.82) is 0 Å². The highest BCUT2D eigenvalue weighted by Crippen LogP contribution is 2.36. The first-order valence-electron chi connectivity index (χ1n) is 4.57. The van der Waals surface area contributed by atoms with E-state index < -0.39 is 5.41 Å². The van der Waals surface area contributed by atoms with E-state index in [0.29, 0.717) is 19.6 Å². The lowest BCUT2D eigenvalue weighted by molar-refractivity contribution is -0.182. The number of ether oxygens (including phenoxy) is 2. The van der Waals surface area contributed by atoms with Crippen molar-refractivity contribution in [1.82, 2.24) is 0 Å². The van der Waals surface area contributed by atoms with Gasteiger partial charge in [0.2, 0.25) is 0 Å². The third-order valence-electron chi connectivity index (χ3n) is 2.52. The van der Waals surface area contributed by atoms with Crippen molar-refractivity contribution in [3.8, 4) is 0 Å². The van der Waals surface area contributed by atoms with Crippen molar-refractivity contribution in [3.63, 3.8) is 0 Å². The average Bonchev–Trinajstić information content (AvgIpc) is 2.56. The molecular formula is C10H11BrO3S. The molecule has 0 N–H and O–H groups in total. The van der Waals surface area contributed by atoms with Gasteiger partial charge in [-0.05, 0) is 28.1 Å². The lowest BCUT2D eigenvalue weighted by atomic mass is 9.82. The molecule has 0 bridgehead atoms. The molecule has 1 aliphatic rings. The molecule has 5 heteroatoms. The molecule has 1 aromatic rings. The molecule has 1 aliphatic heterocycles. The van der Waals surface area contributed by atoms with Crippen LogP contribution in [0.25, 0.3) is 0 Å². The Kier molecular flexibility index (Phi) is 3.13. The van der Waals surface area contributed by atoms with Crippen LogP contribution in [0, 0.1) is 5.41 Å². The van der Waals surface area contributed by atoms with Gasteiger partial charge in [0.25, 0.3) is 0 Å². The fourth-order valence-corrected chi connectivity index (χ4v) is 3.26. The molecule has 0 aromatic carbocycles. The normalized spacial score (nSPS) is 18.3. The van der Waals surface area contributed by atoms with Crippen LogP contribution in [0.2, 0.25) is 0 Å². The van der Waals surface area contributed by atoms with Crippen molar-refractivity contribution in [2.45, 2.75) is 6.42 Å². The first-order valence-corrected chi connectivity index (χ1v) is 6.18. The molecule has 1 saturated heterocycles. The van der Waals surface area contributed by atoms with Crippen molar-refractivity contribution in [2.75, 3.05) is 20.3 Å². The lowest BCUT2D eigenvalue weighted by Gasteiger charge is -2.38. The van der Waals surface area contributed by atoms with Crippen molar-refractivity contribution in [2.24, 2.45) is 5.41 Å². The summed E-state index contributed by atoms with van der Waals surface area (Å²) in [6, 6.07) is 4.02.